The first-order valence-corrected chi connectivity index (χ1v) is 11.4. The number of hydrogen-bond acceptors (Lipinski definition) is 7. The van der Waals surface area contributed by atoms with Gasteiger partial charge in [-0.1, -0.05) is 18.2 Å². The number of nitrogens with one attached hydrogen (secondary N) is 2. The van der Waals surface area contributed by atoms with E-state index >= 15 is 0 Å². The zero-order valence-corrected chi connectivity index (χ0v) is 19.4. The van der Waals surface area contributed by atoms with E-state index in [0.29, 0.717) is 5.56 Å². The number of hydrazone groups is 1. The van der Waals surface area contributed by atoms with E-state index in [1.165, 1.54) is 30.3 Å². The predicted octanol–water partition coefficient (Wildman–Crippen LogP) is 2.65. The third-order valence-electron chi connectivity index (χ3n) is 4.51. The average molecular weight is 501 g/mol. The van der Waals surface area contributed by atoms with Gasteiger partial charge in [-0.2, -0.15) is 13.5 Å². The standard InChI is InChI=1S/C23H21FN4O6S/c1-28(2)18-8-6-15(7-9-18)12-20(26-22(29)16-4-3-5-17(24)13-16)23(30)27-25-14-19-10-11-21(34-19)35(31,32)33/h3-14H,1-2H3,(H,26,29)(H,27,30)(H,31,32,33)/b20-12-,25-14-. The van der Waals surface area contributed by atoms with Gasteiger partial charge >= 0.3 is 10.1 Å². The van der Waals surface area contributed by atoms with Gasteiger partial charge in [0.25, 0.3) is 11.8 Å². The molecule has 0 spiro atoms. The highest BCUT2D eigenvalue weighted by Crippen LogP contribution is 2.15. The van der Waals surface area contributed by atoms with Gasteiger partial charge in [-0.15, -0.1) is 0 Å². The number of carbonyl (C=O) groups excluding carboxylic acids is 2. The van der Waals surface area contributed by atoms with Crippen LogP contribution in [0.15, 0.2) is 81.0 Å². The molecular formula is C23H21FN4O6S. The molecule has 0 saturated carbocycles. The van der Waals surface area contributed by atoms with E-state index in [1.54, 1.807) is 12.1 Å². The van der Waals surface area contributed by atoms with Crippen LogP contribution in [0, 0.1) is 5.82 Å². The summed E-state index contributed by atoms with van der Waals surface area (Å²) in [6.45, 7) is 0. The van der Waals surface area contributed by atoms with E-state index < -0.39 is 32.8 Å². The number of nitrogens with zero attached hydrogens (tertiary/aromatic N) is 2. The molecule has 0 unspecified atom stereocenters. The first kappa shape index (κ1) is 25.3. The molecule has 0 radical (unpaired) electrons. The average Bonchev–Trinajstić information content (AvgIpc) is 3.28. The monoisotopic (exact) mass is 500 g/mol. The second-order valence-electron chi connectivity index (χ2n) is 7.34. The number of rotatable bonds is 8. The minimum atomic E-state index is -4.52. The van der Waals surface area contributed by atoms with E-state index in [2.05, 4.69) is 15.8 Å². The van der Waals surface area contributed by atoms with Crippen LogP contribution in [0.3, 0.4) is 0 Å². The lowest BCUT2D eigenvalue weighted by molar-refractivity contribution is -0.117. The molecule has 10 nitrogen and oxygen atoms in total. The Hall–Kier alpha value is -4.29. The summed E-state index contributed by atoms with van der Waals surface area (Å²) in [5.41, 5.74) is 3.52. The number of carbonyl (C=O) groups is 2. The molecule has 35 heavy (non-hydrogen) atoms. The summed E-state index contributed by atoms with van der Waals surface area (Å²) in [5, 5.41) is 5.43. The van der Waals surface area contributed by atoms with E-state index in [0.717, 1.165) is 24.0 Å². The van der Waals surface area contributed by atoms with Crippen LogP contribution < -0.4 is 15.6 Å². The molecule has 1 aromatic heterocycles. The Morgan fingerprint density at radius 1 is 1.09 bits per heavy atom. The number of furan rings is 1. The highest BCUT2D eigenvalue weighted by Gasteiger charge is 2.16. The number of hydrogen-bond donors (Lipinski definition) is 3. The molecule has 0 aliphatic heterocycles. The topological polar surface area (TPSA) is 141 Å². The molecule has 3 aromatic rings. The molecule has 0 aliphatic rings. The summed E-state index contributed by atoms with van der Waals surface area (Å²) in [5.74, 6) is -2.21. The Labute approximate surface area is 200 Å². The Bertz CT molecular complexity index is 1400. The zero-order valence-electron chi connectivity index (χ0n) is 18.6. The number of benzene rings is 2. The zero-order chi connectivity index (χ0) is 25.6. The number of halogens is 1. The molecular weight excluding hydrogens is 479 g/mol. The molecule has 12 heteroatoms. The van der Waals surface area contributed by atoms with Gasteiger partial charge in [0.2, 0.25) is 5.09 Å². The highest BCUT2D eigenvalue weighted by molar-refractivity contribution is 7.85. The molecule has 0 aliphatic carbocycles. The van der Waals surface area contributed by atoms with Crippen LogP contribution in [0.2, 0.25) is 0 Å². The Morgan fingerprint density at radius 2 is 1.80 bits per heavy atom. The second-order valence-corrected chi connectivity index (χ2v) is 8.69. The fourth-order valence-corrected chi connectivity index (χ4v) is 3.22. The lowest BCUT2D eigenvalue weighted by Gasteiger charge is -2.12. The highest BCUT2D eigenvalue weighted by atomic mass is 32.2. The van der Waals surface area contributed by atoms with Gasteiger partial charge in [-0.05, 0) is 54.1 Å². The lowest BCUT2D eigenvalue weighted by Crippen LogP contribution is -2.32. The van der Waals surface area contributed by atoms with Crippen molar-refractivity contribution < 1.29 is 31.4 Å². The van der Waals surface area contributed by atoms with Gasteiger partial charge in [-0.25, -0.2) is 9.82 Å². The largest absolute Gasteiger partial charge is 0.441 e. The van der Waals surface area contributed by atoms with Crippen molar-refractivity contribution in [3.63, 3.8) is 0 Å². The molecule has 3 N–H and O–H groups in total. The summed E-state index contributed by atoms with van der Waals surface area (Å²) >= 11 is 0. The maximum Gasteiger partial charge on any atom is 0.328 e. The van der Waals surface area contributed by atoms with Crippen molar-refractivity contribution >= 4 is 39.9 Å². The van der Waals surface area contributed by atoms with Crippen LogP contribution in [-0.2, 0) is 14.9 Å². The van der Waals surface area contributed by atoms with Gasteiger partial charge in [0, 0.05) is 25.3 Å². The second kappa shape index (κ2) is 10.8. The lowest BCUT2D eigenvalue weighted by atomic mass is 10.1. The minimum absolute atomic E-state index is 0.00323. The van der Waals surface area contributed by atoms with Crippen LogP contribution in [0.5, 0.6) is 0 Å². The van der Waals surface area contributed by atoms with Crippen molar-refractivity contribution in [1.29, 1.82) is 0 Å². The Kier molecular flexibility index (Phi) is 7.79. The van der Waals surface area contributed by atoms with Crippen molar-refractivity contribution in [1.82, 2.24) is 10.7 Å². The van der Waals surface area contributed by atoms with E-state index in [-0.39, 0.29) is 17.0 Å². The summed E-state index contributed by atoms with van der Waals surface area (Å²) in [6, 6.07) is 14.3. The minimum Gasteiger partial charge on any atom is -0.441 e. The van der Waals surface area contributed by atoms with Crippen LogP contribution in [0.25, 0.3) is 6.08 Å². The summed E-state index contributed by atoms with van der Waals surface area (Å²) in [4.78, 5) is 27.2. The fraction of sp³-hybridized carbons (Fsp3) is 0.0870. The summed E-state index contributed by atoms with van der Waals surface area (Å²) < 4.78 is 49.5. The van der Waals surface area contributed by atoms with Gasteiger partial charge in [0.15, 0.2) is 0 Å². The maximum atomic E-state index is 13.5. The quantitative estimate of drug-likeness (QED) is 0.187. The number of anilines is 1. The molecule has 0 fully saturated rings. The van der Waals surface area contributed by atoms with Crippen molar-refractivity contribution in [2.45, 2.75) is 5.09 Å². The van der Waals surface area contributed by atoms with Crippen LogP contribution in [0.1, 0.15) is 21.7 Å². The first-order chi connectivity index (χ1) is 16.5. The molecule has 0 atom stereocenters. The predicted molar refractivity (Wildman–Crippen MR) is 127 cm³/mol. The van der Waals surface area contributed by atoms with Crippen molar-refractivity contribution in [2.75, 3.05) is 19.0 Å². The van der Waals surface area contributed by atoms with E-state index in [4.69, 9.17) is 8.97 Å². The molecule has 3 rings (SSSR count). The van der Waals surface area contributed by atoms with E-state index in [9.17, 15) is 22.4 Å². The molecule has 2 amide bonds. The van der Waals surface area contributed by atoms with Gasteiger partial charge in [-0.3, -0.25) is 14.1 Å². The van der Waals surface area contributed by atoms with Crippen LogP contribution >= 0.6 is 0 Å². The Morgan fingerprint density at radius 3 is 2.40 bits per heavy atom. The van der Waals surface area contributed by atoms with Gasteiger partial charge < -0.3 is 14.6 Å². The van der Waals surface area contributed by atoms with Crippen molar-refractivity contribution in [2.24, 2.45) is 5.10 Å². The van der Waals surface area contributed by atoms with E-state index in [1.807, 2.05) is 31.1 Å². The smallest absolute Gasteiger partial charge is 0.328 e. The Balaban J connectivity index is 1.82. The number of amides is 2. The molecule has 0 saturated heterocycles. The SMILES string of the molecule is CN(C)c1ccc(/C=C(\NC(=O)c2cccc(F)c2)C(=O)N/N=C\c2ccc(S(=O)(=O)O)o2)cc1. The molecule has 0 bridgehead atoms. The third-order valence-corrected chi connectivity index (χ3v) is 5.24. The normalized spacial score (nSPS) is 11.9. The first-order valence-electron chi connectivity index (χ1n) is 9.99. The van der Waals surface area contributed by atoms with Crippen molar-refractivity contribution in [3.8, 4) is 0 Å². The summed E-state index contributed by atoms with van der Waals surface area (Å²) in [6.07, 6.45) is 2.41. The van der Waals surface area contributed by atoms with Crippen LogP contribution in [-0.4, -0.2) is 45.1 Å². The van der Waals surface area contributed by atoms with Gasteiger partial charge in [0.05, 0.1) is 6.21 Å². The fourth-order valence-electron chi connectivity index (χ4n) is 2.78. The maximum absolute atomic E-state index is 13.5. The molecule has 182 valence electrons. The summed E-state index contributed by atoms with van der Waals surface area (Å²) in [7, 11) is -0.777. The van der Waals surface area contributed by atoms with Crippen LogP contribution in [0.4, 0.5) is 10.1 Å². The van der Waals surface area contributed by atoms with Gasteiger partial charge in [0.1, 0.15) is 17.3 Å². The molecule has 1 heterocycles. The molecule has 2 aromatic carbocycles. The third kappa shape index (κ3) is 7.09. The van der Waals surface area contributed by atoms with Crippen molar-refractivity contribution in [3.05, 3.63) is 89.1 Å².